The van der Waals surface area contributed by atoms with Crippen molar-refractivity contribution in [3.63, 3.8) is 0 Å². The van der Waals surface area contributed by atoms with Gasteiger partial charge in [0, 0.05) is 4.88 Å². The van der Waals surface area contributed by atoms with Gasteiger partial charge >= 0.3 is 0 Å². The van der Waals surface area contributed by atoms with E-state index in [0.29, 0.717) is 6.42 Å². The lowest BCUT2D eigenvalue weighted by Crippen LogP contribution is -1.94. The highest BCUT2D eigenvalue weighted by molar-refractivity contribution is 7.17. The smallest absolute Gasteiger partial charge is 0.194 e. The number of aromatic nitrogens is 2. The first-order valence-electron chi connectivity index (χ1n) is 6.66. The van der Waals surface area contributed by atoms with Crippen LogP contribution in [-0.2, 0) is 12.8 Å². The second kappa shape index (κ2) is 5.10. The lowest BCUT2D eigenvalue weighted by Gasteiger charge is -2.05. The second-order valence-corrected chi connectivity index (χ2v) is 5.94. The van der Waals surface area contributed by atoms with E-state index < -0.39 is 0 Å². The highest BCUT2D eigenvalue weighted by atomic mass is 32.1. The zero-order valence-corrected chi connectivity index (χ0v) is 12.4. The Morgan fingerprint density at radius 1 is 1.30 bits per heavy atom. The molecule has 0 spiro atoms. The Labute approximate surface area is 122 Å². The molecule has 2 aromatic heterocycles. The van der Waals surface area contributed by atoms with Gasteiger partial charge in [-0.3, -0.25) is 4.40 Å². The third-order valence-electron chi connectivity index (χ3n) is 3.50. The third-order valence-corrected chi connectivity index (χ3v) is 4.47. The monoisotopic (exact) mass is 281 g/mol. The highest BCUT2D eigenvalue weighted by Crippen LogP contribution is 2.32. The summed E-state index contributed by atoms with van der Waals surface area (Å²) in [5, 5.41) is 8.95. The van der Waals surface area contributed by atoms with Crippen LogP contribution >= 0.6 is 11.3 Å². The Bertz CT molecular complexity index is 788. The van der Waals surface area contributed by atoms with E-state index in [1.807, 2.05) is 0 Å². The number of imidazole rings is 1. The number of rotatable bonds is 3. The molecule has 3 nitrogen and oxygen atoms in total. The van der Waals surface area contributed by atoms with Crippen LogP contribution in [0, 0.1) is 18.3 Å². The predicted octanol–water partition coefficient (Wildman–Crippen LogP) is 4.00. The van der Waals surface area contributed by atoms with Crippen molar-refractivity contribution in [3.8, 4) is 17.3 Å². The molecule has 1 aromatic carbocycles. The van der Waals surface area contributed by atoms with E-state index in [2.05, 4.69) is 53.6 Å². The fraction of sp³-hybridized carbons (Fsp3) is 0.250. The third kappa shape index (κ3) is 2.00. The Hall–Kier alpha value is -2.12. The van der Waals surface area contributed by atoms with E-state index in [9.17, 15) is 0 Å². The first-order valence-corrected chi connectivity index (χ1v) is 7.48. The van der Waals surface area contributed by atoms with Crippen molar-refractivity contribution in [2.24, 2.45) is 0 Å². The van der Waals surface area contributed by atoms with Crippen LogP contribution in [0.4, 0.5) is 0 Å². The molecule has 0 bridgehead atoms. The van der Waals surface area contributed by atoms with Crippen molar-refractivity contribution < 1.29 is 0 Å². The van der Waals surface area contributed by atoms with E-state index in [-0.39, 0.29) is 0 Å². The number of benzene rings is 1. The van der Waals surface area contributed by atoms with Gasteiger partial charge < -0.3 is 0 Å². The largest absolute Gasteiger partial charge is 0.286 e. The van der Waals surface area contributed by atoms with Gasteiger partial charge in [0.25, 0.3) is 0 Å². The molecule has 0 saturated carbocycles. The summed E-state index contributed by atoms with van der Waals surface area (Å²) in [5.41, 5.74) is 4.64. The standard InChI is InChI=1S/C16H15N3S/c1-3-12-4-6-13(7-5-12)15-11(2)20-16-18-10-14(8-9-17)19(15)16/h4-7,10H,3,8H2,1-2H3. The van der Waals surface area contributed by atoms with Crippen molar-refractivity contribution in [2.45, 2.75) is 26.7 Å². The Morgan fingerprint density at radius 2 is 2.05 bits per heavy atom. The molecule has 4 heteroatoms. The normalized spacial score (nSPS) is 10.8. The number of hydrogen-bond donors (Lipinski definition) is 0. The SMILES string of the molecule is CCc1ccc(-c2c(C)sc3ncc(CC#N)n23)cc1. The van der Waals surface area contributed by atoms with Gasteiger partial charge in [-0.05, 0) is 24.5 Å². The summed E-state index contributed by atoms with van der Waals surface area (Å²) in [5.74, 6) is 0. The van der Waals surface area contributed by atoms with Crippen molar-refractivity contribution in [1.29, 1.82) is 5.26 Å². The fourth-order valence-corrected chi connectivity index (χ4v) is 3.44. The molecule has 0 saturated heterocycles. The maximum Gasteiger partial charge on any atom is 0.194 e. The molecule has 0 unspecified atom stereocenters. The van der Waals surface area contributed by atoms with Gasteiger partial charge in [-0.2, -0.15) is 5.26 Å². The summed E-state index contributed by atoms with van der Waals surface area (Å²) in [6.07, 6.45) is 3.23. The van der Waals surface area contributed by atoms with E-state index >= 15 is 0 Å². The summed E-state index contributed by atoms with van der Waals surface area (Å²) >= 11 is 1.67. The fourth-order valence-electron chi connectivity index (χ4n) is 2.46. The van der Waals surface area contributed by atoms with Crippen molar-refractivity contribution in [3.05, 3.63) is 46.6 Å². The van der Waals surface area contributed by atoms with Crippen LogP contribution in [0.2, 0.25) is 0 Å². The molecule has 0 aliphatic carbocycles. The minimum Gasteiger partial charge on any atom is -0.286 e. The molecule has 20 heavy (non-hydrogen) atoms. The van der Waals surface area contributed by atoms with Crippen LogP contribution in [0.25, 0.3) is 16.2 Å². The van der Waals surface area contributed by atoms with Gasteiger partial charge in [0.1, 0.15) is 0 Å². The first-order chi connectivity index (χ1) is 9.74. The molecule has 0 radical (unpaired) electrons. The number of hydrogen-bond acceptors (Lipinski definition) is 3. The maximum atomic E-state index is 8.95. The summed E-state index contributed by atoms with van der Waals surface area (Å²) in [4.78, 5) is 6.60. The molecule has 0 N–H and O–H groups in total. The van der Waals surface area contributed by atoms with Gasteiger partial charge in [-0.1, -0.05) is 31.2 Å². The van der Waals surface area contributed by atoms with Crippen molar-refractivity contribution in [1.82, 2.24) is 9.38 Å². The highest BCUT2D eigenvalue weighted by Gasteiger charge is 2.15. The molecule has 0 fully saturated rings. The number of fused-ring (bicyclic) bond motifs is 1. The predicted molar refractivity (Wildman–Crippen MR) is 81.9 cm³/mol. The topological polar surface area (TPSA) is 41.1 Å². The summed E-state index contributed by atoms with van der Waals surface area (Å²) < 4.78 is 2.12. The van der Waals surface area contributed by atoms with Gasteiger partial charge in [0.05, 0.1) is 30.1 Å². The zero-order chi connectivity index (χ0) is 14.1. The number of nitrogens with zero attached hydrogens (tertiary/aromatic N) is 3. The molecule has 3 aromatic rings. The molecular weight excluding hydrogens is 266 g/mol. The summed E-state index contributed by atoms with van der Waals surface area (Å²) in [6.45, 7) is 4.27. The molecule has 0 amide bonds. The van der Waals surface area contributed by atoms with Gasteiger partial charge in [-0.25, -0.2) is 4.98 Å². The Morgan fingerprint density at radius 3 is 2.70 bits per heavy atom. The molecule has 0 aliphatic rings. The van der Waals surface area contributed by atoms with Gasteiger partial charge in [0.15, 0.2) is 4.96 Å². The van der Waals surface area contributed by atoms with E-state index in [1.165, 1.54) is 16.0 Å². The second-order valence-electron chi connectivity index (χ2n) is 4.76. The molecule has 0 atom stereocenters. The first kappa shape index (κ1) is 12.9. The number of nitriles is 1. The summed E-state index contributed by atoms with van der Waals surface area (Å²) in [6, 6.07) is 10.9. The van der Waals surface area contributed by atoms with Crippen LogP contribution in [0.1, 0.15) is 23.1 Å². The zero-order valence-electron chi connectivity index (χ0n) is 11.6. The maximum absolute atomic E-state index is 8.95. The minimum absolute atomic E-state index is 0.386. The van der Waals surface area contributed by atoms with Gasteiger partial charge in [0.2, 0.25) is 0 Å². The molecule has 0 aliphatic heterocycles. The van der Waals surface area contributed by atoms with Crippen LogP contribution in [0.15, 0.2) is 30.5 Å². The van der Waals surface area contributed by atoms with E-state index in [0.717, 1.165) is 22.8 Å². The Balaban J connectivity index is 2.20. The average Bonchev–Trinajstić information content (AvgIpc) is 2.98. The van der Waals surface area contributed by atoms with Crippen LogP contribution in [0.5, 0.6) is 0 Å². The quantitative estimate of drug-likeness (QED) is 0.728. The average molecular weight is 281 g/mol. The number of thiazole rings is 1. The minimum atomic E-state index is 0.386. The van der Waals surface area contributed by atoms with Crippen LogP contribution in [0.3, 0.4) is 0 Å². The van der Waals surface area contributed by atoms with Crippen molar-refractivity contribution in [2.75, 3.05) is 0 Å². The van der Waals surface area contributed by atoms with Crippen LogP contribution < -0.4 is 0 Å². The van der Waals surface area contributed by atoms with Gasteiger partial charge in [-0.15, -0.1) is 11.3 Å². The van der Waals surface area contributed by atoms with Crippen molar-refractivity contribution >= 4 is 16.3 Å². The lowest BCUT2D eigenvalue weighted by atomic mass is 10.1. The van der Waals surface area contributed by atoms with E-state index in [4.69, 9.17) is 5.26 Å². The Kier molecular flexibility index (Phi) is 3.29. The van der Waals surface area contributed by atoms with E-state index in [1.54, 1.807) is 17.5 Å². The molecule has 2 heterocycles. The molecule has 3 rings (SSSR count). The number of aryl methyl sites for hydroxylation is 2. The molecular formula is C16H15N3S. The molecule has 100 valence electrons. The lowest BCUT2D eigenvalue weighted by molar-refractivity contribution is 1.07. The van der Waals surface area contributed by atoms with Crippen LogP contribution in [-0.4, -0.2) is 9.38 Å². The summed E-state index contributed by atoms with van der Waals surface area (Å²) in [7, 11) is 0.